The molecule has 3 N–H and O–H groups in total. The number of carboxylic acid groups (broad SMARTS) is 1. The van der Waals surface area contributed by atoms with E-state index in [1.54, 1.807) is 18.2 Å². The van der Waals surface area contributed by atoms with Crippen molar-refractivity contribution in [3.63, 3.8) is 0 Å². The second-order valence-electron chi connectivity index (χ2n) is 3.67. The highest BCUT2D eigenvalue weighted by molar-refractivity contribution is 9.10. The van der Waals surface area contributed by atoms with Crippen LogP contribution in [0.1, 0.15) is 17.3 Å². The lowest BCUT2D eigenvalue weighted by Crippen LogP contribution is -2.40. The summed E-state index contributed by atoms with van der Waals surface area (Å²) in [7, 11) is 1.45. The minimum atomic E-state index is -1.05. The number of halogens is 1. The van der Waals surface area contributed by atoms with Crippen molar-refractivity contribution in [3.8, 4) is 0 Å². The zero-order valence-corrected chi connectivity index (χ0v) is 11.1. The summed E-state index contributed by atoms with van der Waals surface area (Å²) in [6.45, 7) is 1.45. The number of rotatable bonds is 3. The Morgan fingerprint density at radius 1 is 1.47 bits per heavy atom. The van der Waals surface area contributed by atoms with Crippen molar-refractivity contribution in [3.05, 3.63) is 28.2 Å². The Morgan fingerprint density at radius 3 is 2.53 bits per heavy atom. The van der Waals surface area contributed by atoms with E-state index in [2.05, 4.69) is 15.9 Å². The summed E-state index contributed by atoms with van der Waals surface area (Å²) in [5.41, 5.74) is 6.52. The van der Waals surface area contributed by atoms with E-state index in [0.717, 1.165) is 0 Å². The molecule has 0 aromatic heterocycles. The lowest BCUT2D eigenvalue weighted by Gasteiger charge is -2.21. The van der Waals surface area contributed by atoms with Crippen molar-refractivity contribution < 1.29 is 14.7 Å². The summed E-state index contributed by atoms with van der Waals surface area (Å²) in [5, 5.41) is 8.82. The third-order valence-electron chi connectivity index (χ3n) is 2.51. The van der Waals surface area contributed by atoms with Gasteiger partial charge in [0.05, 0.1) is 0 Å². The fraction of sp³-hybridized carbons (Fsp3) is 0.273. The normalized spacial score (nSPS) is 11.9. The van der Waals surface area contributed by atoms with E-state index in [0.29, 0.717) is 15.7 Å². The molecular formula is C11H13BrN2O3. The van der Waals surface area contributed by atoms with Gasteiger partial charge in [-0.3, -0.25) is 4.79 Å². The maximum absolute atomic E-state index is 12.0. The zero-order valence-electron chi connectivity index (χ0n) is 9.48. The first-order valence-electron chi connectivity index (χ1n) is 4.89. The van der Waals surface area contributed by atoms with Crippen LogP contribution in [0.3, 0.4) is 0 Å². The Morgan fingerprint density at radius 2 is 2.06 bits per heavy atom. The molecular weight excluding hydrogens is 288 g/mol. The Hall–Kier alpha value is -1.56. The smallest absolute Gasteiger partial charge is 0.326 e. The van der Waals surface area contributed by atoms with Gasteiger partial charge in [0, 0.05) is 22.8 Å². The van der Waals surface area contributed by atoms with Crippen LogP contribution < -0.4 is 5.73 Å². The third-order valence-corrected chi connectivity index (χ3v) is 3.19. The Balaban J connectivity index is 2.96. The standard InChI is InChI=1S/C11H13BrN2O3/c1-6(11(16)17)14(2)10(15)7-3-4-9(13)8(12)5-7/h3-6H,13H2,1-2H3,(H,16,17)/t6-/m0/s1. The second kappa shape index (κ2) is 5.18. The topological polar surface area (TPSA) is 83.6 Å². The summed E-state index contributed by atoms with van der Waals surface area (Å²) in [4.78, 5) is 23.9. The molecule has 0 spiro atoms. The molecule has 0 aliphatic carbocycles. The third kappa shape index (κ3) is 2.97. The maximum atomic E-state index is 12.0. The molecule has 0 fully saturated rings. The van der Waals surface area contributed by atoms with E-state index in [-0.39, 0.29) is 5.91 Å². The van der Waals surface area contributed by atoms with Crippen molar-refractivity contribution in [2.75, 3.05) is 12.8 Å². The van der Waals surface area contributed by atoms with Crippen LogP contribution in [-0.4, -0.2) is 35.0 Å². The number of nitrogen functional groups attached to an aromatic ring is 1. The van der Waals surface area contributed by atoms with Gasteiger partial charge in [-0.05, 0) is 41.1 Å². The molecule has 1 rings (SSSR count). The number of nitrogens with two attached hydrogens (primary N) is 1. The van der Waals surface area contributed by atoms with Gasteiger partial charge in [-0.15, -0.1) is 0 Å². The fourth-order valence-corrected chi connectivity index (χ4v) is 1.58. The summed E-state index contributed by atoms with van der Waals surface area (Å²) in [5.74, 6) is -1.41. The second-order valence-corrected chi connectivity index (χ2v) is 4.52. The largest absolute Gasteiger partial charge is 0.480 e. The molecule has 0 saturated heterocycles. The van der Waals surface area contributed by atoms with Crippen LogP contribution in [0.4, 0.5) is 5.69 Å². The Bertz CT molecular complexity index is 462. The van der Waals surface area contributed by atoms with E-state index < -0.39 is 12.0 Å². The van der Waals surface area contributed by atoms with Crippen molar-refractivity contribution in [2.45, 2.75) is 13.0 Å². The highest BCUT2D eigenvalue weighted by Crippen LogP contribution is 2.21. The number of carboxylic acids is 1. The maximum Gasteiger partial charge on any atom is 0.326 e. The minimum Gasteiger partial charge on any atom is -0.480 e. The van der Waals surface area contributed by atoms with E-state index in [1.807, 2.05) is 0 Å². The monoisotopic (exact) mass is 300 g/mol. The Kier molecular flexibility index (Phi) is 4.11. The van der Waals surface area contributed by atoms with Crippen LogP contribution in [0, 0.1) is 0 Å². The summed E-state index contributed by atoms with van der Waals surface area (Å²) in [6.07, 6.45) is 0. The predicted octanol–water partition coefficient (Wildman–Crippen LogP) is 1.58. The molecule has 0 bridgehead atoms. The van der Waals surface area contributed by atoms with Crippen LogP contribution in [0.5, 0.6) is 0 Å². The molecule has 1 aromatic carbocycles. The van der Waals surface area contributed by atoms with Crippen LogP contribution in [0.15, 0.2) is 22.7 Å². The minimum absolute atomic E-state index is 0.361. The number of benzene rings is 1. The van der Waals surface area contributed by atoms with E-state index in [4.69, 9.17) is 10.8 Å². The predicted molar refractivity (Wildman–Crippen MR) is 67.7 cm³/mol. The molecule has 1 amide bonds. The zero-order chi connectivity index (χ0) is 13.2. The van der Waals surface area contributed by atoms with Gasteiger partial charge in [0.2, 0.25) is 0 Å². The highest BCUT2D eigenvalue weighted by Gasteiger charge is 2.22. The van der Waals surface area contributed by atoms with Crippen LogP contribution in [-0.2, 0) is 4.79 Å². The molecule has 0 aliphatic heterocycles. The molecule has 6 heteroatoms. The van der Waals surface area contributed by atoms with E-state index in [1.165, 1.54) is 18.9 Å². The fourth-order valence-electron chi connectivity index (χ4n) is 1.21. The van der Waals surface area contributed by atoms with Gasteiger partial charge in [-0.1, -0.05) is 0 Å². The van der Waals surface area contributed by atoms with Gasteiger partial charge < -0.3 is 15.7 Å². The SMILES string of the molecule is C[C@@H](C(=O)O)N(C)C(=O)c1ccc(N)c(Br)c1. The molecule has 17 heavy (non-hydrogen) atoms. The molecule has 5 nitrogen and oxygen atoms in total. The van der Waals surface area contributed by atoms with Crippen LogP contribution >= 0.6 is 15.9 Å². The first kappa shape index (κ1) is 13.5. The number of carbonyl (C=O) groups is 2. The molecule has 1 aromatic rings. The van der Waals surface area contributed by atoms with Crippen LogP contribution in [0.25, 0.3) is 0 Å². The number of hydrogen-bond donors (Lipinski definition) is 2. The lowest BCUT2D eigenvalue weighted by molar-refractivity contribution is -0.141. The lowest BCUT2D eigenvalue weighted by atomic mass is 10.1. The molecule has 0 unspecified atom stereocenters. The van der Waals surface area contributed by atoms with Crippen LogP contribution in [0.2, 0.25) is 0 Å². The number of aliphatic carboxylic acids is 1. The van der Waals surface area contributed by atoms with Crippen molar-refractivity contribution >= 4 is 33.5 Å². The molecule has 0 radical (unpaired) electrons. The van der Waals surface area contributed by atoms with Gasteiger partial charge in [0.25, 0.3) is 5.91 Å². The van der Waals surface area contributed by atoms with Crippen molar-refractivity contribution in [1.29, 1.82) is 0 Å². The van der Waals surface area contributed by atoms with Gasteiger partial charge in [0.15, 0.2) is 0 Å². The van der Waals surface area contributed by atoms with Gasteiger partial charge >= 0.3 is 5.97 Å². The quantitative estimate of drug-likeness (QED) is 0.830. The van der Waals surface area contributed by atoms with Gasteiger partial charge in [-0.25, -0.2) is 4.79 Å². The molecule has 1 atom stereocenters. The molecule has 92 valence electrons. The average molecular weight is 301 g/mol. The molecule has 0 aliphatic rings. The highest BCUT2D eigenvalue weighted by atomic mass is 79.9. The number of likely N-dealkylation sites (N-methyl/N-ethyl adjacent to an activating group) is 1. The summed E-state index contributed by atoms with van der Waals surface area (Å²) in [6, 6.07) is 3.85. The number of carbonyl (C=O) groups excluding carboxylic acids is 1. The summed E-state index contributed by atoms with van der Waals surface area (Å²) >= 11 is 3.22. The first-order valence-corrected chi connectivity index (χ1v) is 5.69. The van der Waals surface area contributed by atoms with Crippen molar-refractivity contribution in [2.24, 2.45) is 0 Å². The number of amides is 1. The number of anilines is 1. The molecule has 0 heterocycles. The van der Waals surface area contributed by atoms with E-state index >= 15 is 0 Å². The van der Waals surface area contributed by atoms with Gasteiger partial charge in [0.1, 0.15) is 6.04 Å². The summed E-state index contributed by atoms with van der Waals surface area (Å²) < 4.78 is 0.611. The first-order chi connectivity index (χ1) is 7.84. The van der Waals surface area contributed by atoms with E-state index in [9.17, 15) is 9.59 Å². The van der Waals surface area contributed by atoms with Gasteiger partial charge in [-0.2, -0.15) is 0 Å². The number of nitrogens with zero attached hydrogens (tertiary/aromatic N) is 1. The molecule has 0 saturated carbocycles. The number of hydrogen-bond acceptors (Lipinski definition) is 3. The average Bonchev–Trinajstić information content (AvgIpc) is 2.29. The van der Waals surface area contributed by atoms with Crippen molar-refractivity contribution in [1.82, 2.24) is 4.90 Å². The Labute approximate surface area is 107 Å².